The van der Waals surface area contributed by atoms with Crippen molar-refractivity contribution in [3.63, 3.8) is 0 Å². The van der Waals surface area contributed by atoms with Crippen LogP contribution in [0.2, 0.25) is 0 Å². The maximum Gasteiger partial charge on any atom is 0.257 e. The van der Waals surface area contributed by atoms with Crippen molar-refractivity contribution in [2.45, 2.75) is 57.7 Å². The molecule has 2 aliphatic rings. The molecule has 2 aromatic heterocycles. The Bertz CT molecular complexity index is 1420. The van der Waals surface area contributed by atoms with Crippen LogP contribution in [-0.4, -0.2) is 71.4 Å². The lowest BCUT2D eigenvalue weighted by atomic mass is 9.53. The molecule has 39 heavy (non-hydrogen) atoms. The second kappa shape index (κ2) is 10.4. The van der Waals surface area contributed by atoms with Gasteiger partial charge in [-0.1, -0.05) is 49.3 Å². The Morgan fingerprint density at radius 1 is 1.28 bits per heavy atom. The number of aliphatic imine (C=N–C) groups is 1. The Morgan fingerprint density at radius 3 is 2.67 bits per heavy atom. The van der Waals surface area contributed by atoms with Gasteiger partial charge in [0.25, 0.3) is 5.91 Å². The van der Waals surface area contributed by atoms with E-state index in [0.29, 0.717) is 17.2 Å². The van der Waals surface area contributed by atoms with Crippen molar-refractivity contribution in [3.05, 3.63) is 65.7 Å². The zero-order chi connectivity index (χ0) is 27.9. The van der Waals surface area contributed by atoms with E-state index in [1.54, 1.807) is 24.1 Å². The Labute approximate surface area is 229 Å². The normalized spacial score (nSPS) is 23.6. The van der Waals surface area contributed by atoms with Crippen molar-refractivity contribution in [2.75, 3.05) is 6.54 Å². The monoisotopic (exact) mass is 522 g/mol. The summed E-state index contributed by atoms with van der Waals surface area (Å²) in [5.74, 6) is -0.481. The first-order chi connectivity index (χ1) is 18.6. The number of β-amino-alcohol motifs (C(OH)–C–C–N with tert-alkyl or cyclic N) is 1. The van der Waals surface area contributed by atoms with Crippen LogP contribution < -0.4 is 10.9 Å². The molecule has 1 saturated heterocycles. The predicted molar refractivity (Wildman–Crippen MR) is 149 cm³/mol. The smallest absolute Gasteiger partial charge is 0.257 e. The minimum absolute atomic E-state index is 0.109. The lowest BCUT2D eigenvalue weighted by Gasteiger charge is -2.29. The summed E-state index contributed by atoms with van der Waals surface area (Å²) < 4.78 is 5.43. The van der Waals surface area contributed by atoms with Gasteiger partial charge in [-0.25, -0.2) is 4.99 Å². The summed E-state index contributed by atoms with van der Waals surface area (Å²) in [7, 11) is 6.87. The van der Waals surface area contributed by atoms with Crippen LogP contribution in [0.4, 0.5) is 0 Å². The fourth-order valence-corrected chi connectivity index (χ4v) is 5.43. The van der Waals surface area contributed by atoms with Crippen molar-refractivity contribution in [1.29, 1.82) is 0 Å². The van der Waals surface area contributed by atoms with E-state index in [9.17, 15) is 14.7 Å². The van der Waals surface area contributed by atoms with Crippen LogP contribution in [0.15, 0.2) is 58.2 Å². The standard InChI is InChI=1S/C28H30B2N5O4/c1-15(2)24(22-13-23(30-29)34-39-22)26(37)35-14-19(36)12-21(35)25-32-27(38)28(4,33-25)18-9-7-17(8-10-18)20-6-5-11-31-16(20)3/h5-11,13,15,19,21,24,36H,12,14H2,1-4H3,(H,32,33,38)/t19-,21?,24?,28+/m1/s1. The Morgan fingerprint density at radius 2 is 2.03 bits per heavy atom. The molecule has 2 aliphatic heterocycles. The van der Waals surface area contributed by atoms with Gasteiger partial charge in [-0.3, -0.25) is 14.6 Å². The van der Waals surface area contributed by atoms with Crippen LogP contribution in [0.5, 0.6) is 0 Å². The molecular formula is C28H30B2N5O4. The first-order valence-corrected chi connectivity index (χ1v) is 13.1. The topological polar surface area (TPSA) is 121 Å². The second-order valence-electron chi connectivity index (χ2n) is 10.7. The van der Waals surface area contributed by atoms with E-state index in [4.69, 9.17) is 17.3 Å². The molecule has 0 saturated carbocycles. The van der Waals surface area contributed by atoms with Crippen molar-refractivity contribution in [2.24, 2.45) is 10.9 Å². The minimum atomic E-state index is -1.17. The molecule has 11 heteroatoms. The number of likely N-dealkylation sites (tertiary alicyclic amines) is 1. The summed E-state index contributed by atoms with van der Waals surface area (Å²) in [4.78, 5) is 37.9. The van der Waals surface area contributed by atoms with E-state index in [-0.39, 0.29) is 30.7 Å². The van der Waals surface area contributed by atoms with Crippen LogP contribution in [-0.2, 0) is 15.1 Å². The molecule has 2 amide bonds. The van der Waals surface area contributed by atoms with Gasteiger partial charge in [-0.05, 0) is 43.0 Å². The number of benzene rings is 1. The fraction of sp³-hybridized carbons (Fsp3) is 0.393. The Hall–Kier alpha value is -3.72. The molecule has 4 atom stereocenters. The molecule has 3 radical (unpaired) electrons. The van der Waals surface area contributed by atoms with Gasteiger partial charge in [0, 0.05) is 43.8 Å². The van der Waals surface area contributed by atoms with Crippen LogP contribution in [0.25, 0.3) is 11.1 Å². The number of pyridine rings is 1. The lowest BCUT2D eigenvalue weighted by Crippen LogP contribution is -2.48. The van der Waals surface area contributed by atoms with E-state index in [1.165, 1.54) is 7.17 Å². The number of hydrogen-bond acceptors (Lipinski definition) is 7. The molecule has 1 aromatic carbocycles. The highest BCUT2D eigenvalue weighted by Crippen LogP contribution is 2.35. The SMILES string of the molecule is [B][B]c1cc(C(C(=O)N2C[C@H](O)CC2C2=N[C@@](C)(c3ccc(-c4cccnc4C)cc3)C(=O)N2)C(C)C)on1. The van der Waals surface area contributed by atoms with Gasteiger partial charge in [0.05, 0.1) is 12.1 Å². The highest BCUT2D eigenvalue weighted by molar-refractivity contribution is 6.97. The molecule has 5 rings (SSSR count). The fourth-order valence-electron chi connectivity index (χ4n) is 5.43. The maximum absolute atomic E-state index is 13.8. The number of aryl methyl sites for hydroxylation is 1. The van der Waals surface area contributed by atoms with Crippen molar-refractivity contribution < 1.29 is 19.2 Å². The van der Waals surface area contributed by atoms with E-state index in [0.717, 1.165) is 22.4 Å². The first kappa shape index (κ1) is 26.9. The number of aromatic nitrogens is 2. The van der Waals surface area contributed by atoms with Gasteiger partial charge >= 0.3 is 0 Å². The third-order valence-electron chi connectivity index (χ3n) is 7.63. The lowest BCUT2D eigenvalue weighted by molar-refractivity contribution is -0.134. The summed E-state index contributed by atoms with van der Waals surface area (Å²) in [5.41, 5.74) is 2.93. The molecule has 0 aliphatic carbocycles. The quantitative estimate of drug-likeness (QED) is 0.455. The van der Waals surface area contributed by atoms with E-state index >= 15 is 0 Å². The highest BCUT2D eigenvalue weighted by atomic mass is 16.5. The number of amidine groups is 1. The van der Waals surface area contributed by atoms with Crippen molar-refractivity contribution >= 4 is 38.2 Å². The number of nitrogens with zero attached hydrogens (tertiary/aromatic N) is 4. The highest BCUT2D eigenvalue weighted by Gasteiger charge is 2.48. The largest absolute Gasteiger partial charge is 0.391 e. The number of hydrogen-bond donors (Lipinski definition) is 2. The molecule has 0 bridgehead atoms. The van der Waals surface area contributed by atoms with Gasteiger partial charge in [0.15, 0.2) is 5.54 Å². The predicted octanol–water partition coefficient (Wildman–Crippen LogP) is 1.60. The number of amides is 2. The summed E-state index contributed by atoms with van der Waals surface area (Å²) >= 11 is 0. The zero-order valence-corrected chi connectivity index (χ0v) is 22.5. The van der Waals surface area contributed by atoms with Crippen LogP contribution >= 0.6 is 0 Å². The number of carbonyl (C=O) groups is 2. The Balaban J connectivity index is 1.43. The molecule has 9 nitrogen and oxygen atoms in total. The maximum atomic E-state index is 13.8. The number of nitrogens with one attached hydrogen (secondary N) is 1. The molecule has 2 unspecified atom stereocenters. The average Bonchev–Trinajstić information content (AvgIpc) is 3.62. The van der Waals surface area contributed by atoms with E-state index < -0.39 is 23.6 Å². The van der Waals surface area contributed by atoms with Crippen molar-refractivity contribution in [3.8, 4) is 11.1 Å². The van der Waals surface area contributed by atoms with Gasteiger partial charge < -0.3 is 19.8 Å². The molecule has 0 spiro atoms. The second-order valence-corrected chi connectivity index (χ2v) is 10.7. The number of carbonyl (C=O) groups excluding carboxylic acids is 2. The van der Waals surface area contributed by atoms with Crippen LogP contribution in [0, 0.1) is 12.8 Å². The van der Waals surface area contributed by atoms with Gasteiger partial charge in [0.1, 0.15) is 24.7 Å². The Kier molecular flexibility index (Phi) is 7.20. The molecule has 197 valence electrons. The zero-order valence-electron chi connectivity index (χ0n) is 22.5. The number of rotatable bonds is 7. The van der Waals surface area contributed by atoms with Gasteiger partial charge in [-0.2, -0.15) is 0 Å². The van der Waals surface area contributed by atoms with Crippen molar-refractivity contribution in [1.82, 2.24) is 20.4 Å². The summed E-state index contributed by atoms with van der Waals surface area (Å²) in [5, 5.41) is 17.4. The van der Waals surface area contributed by atoms with Crippen LogP contribution in [0.1, 0.15) is 50.1 Å². The average molecular weight is 522 g/mol. The summed E-state index contributed by atoms with van der Waals surface area (Å²) in [6, 6.07) is 12.7. The third-order valence-corrected chi connectivity index (χ3v) is 7.63. The molecular weight excluding hydrogens is 492 g/mol. The molecule has 4 heterocycles. The summed E-state index contributed by atoms with van der Waals surface area (Å²) in [6.45, 7) is 7.67. The molecule has 2 N–H and O–H groups in total. The van der Waals surface area contributed by atoms with E-state index in [1.807, 2.05) is 57.2 Å². The van der Waals surface area contributed by atoms with Crippen LogP contribution in [0.3, 0.4) is 0 Å². The molecule has 3 aromatic rings. The van der Waals surface area contributed by atoms with Gasteiger partial charge in [-0.15, -0.1) is 0 Å². The summed E-state index contributed by atoms with van der Waals surface area (Å²) in [6.07, 6.45) is 1.28. The van der Waals surface area contributed by atoms with Gasteiger partial charge in [0.2, 0.25) is 5.91 Å². The number of aliphatic hydroxyl groups excluding tert-OH is 1. The number of aliphatic hydroxyl groups is 1. The third kappa shape index (κ3) is 4.91. The minimum Gasteiger partial charge on any atom is -0.391 e. The first-order valence-electron chi connectivity index (χ1n) is 13.1. The van der Waals surface area contributed by atoms with E-state index in [2.05, 4.69) is 15.5 Å². The molecule has 1 fully saturated rings.